The number of carbonyl (C=O) groups excluding carboxylic acids is 1. The number of rotatable bonds is 6. The Balaban J connectivity index is 1.68. The van der Waals surface area contributed by atoms with E-state index < -0.39 is 0 Å². The first-order chi connectivity index (χ1) is 12.7. The Morgan fingerprint density at radius 2 is 2.15 bits per heavy atom. The van der Waals surface area contributed by atoms with Crippen LogP contribution in [0.2, 0.25) is 0 Å². The van der Waals surface area contributed by atoms with E-state index in [-0.39, 0.29) is 11.9 Å². The van der Waals surface area contributed by atoms with Crippen molar-refractivity contribution in [3.63, 3.8) is 0 Å². The summed E-state index contributed by atoms with van der Waals surface area (Å²) in [6.07, 6.45) is 2.70. The summed E-state index contributed by atoms with van der Waals surface area (Å²) >= 11 is 1.19. The molecule has 2 heterocycles. The number of amides is 1. The number of anilines is 1. The van der Waals surface area contributed by atoms with Crippen molar-refractivity contribution in [1.82, 2.24) is 14.5 Å². The van der Waals surface area contributed by atoms with Crippen LogP contribution in [0.4, 0.5) is 5.69 Å². The Hall–Kier alpha value is -2.35. The van der Waals surface area contributed by atoms with Crippen molar-refractivity contribution in [2.45, 2.75) is 32.2 Å². The van der Waals surface area contributed by atoms with Crippen LogP contribution in [0.5, 0.6) is 11.5 Å². The lowest BCUT2D eigenvalue weighted by Gasteiger charge is -2.33. The van der Waals surface area contributed by atoms with E-state index in [0.29, 0.717) is 22.9 Å². The number of benzene rings is 1. The van der Waals surface area contributed by atoms with Crippen molar-refractivity contribution in [2.24, 2.45) is 0 Å². The average molecular weight is 376 g/mol. The summed E-state index contributed by atoms with van der Waals surface area (Å²) in [4.78, 5) is 15.4. The van der Waals surface area contributed by atoms with Gasteiger partial charge in [0.25, 0.3) is 5.91 Å². The molecule has 1 unspecified atom stereocenters. The number of hydrogen-bond acceptors (Lipinski definition) is 7. The number of hydrogen-bond donors (Lipinski definition) is 1. The molecule has 0 aliphatic carbocycles. The Morgan fingerprint density at radius 3 is 2.88 bits per heavy atom. The molecule has 8 heteroatoms. The van der Waals surface area contributed by atoms with Gasteiger partial charge in [0.2, 0.25) is 0 Å². The number of aromatic nitrogens is 2. The topological polar surface area (TPSA) is 76.6 Å². The van der Waals surface area contributed by atoms with E-state index in [1.165, 1.54) is 11.5 Å². The predicted molar refractivity (Wildman–Crippen MR) is 101 cm³/mol. The fourth-order valence-corrected chi connectivity index (χ4v) is 3.91. The highest BCUT2D eigenvalue weighted by molar-refractivity contribution is 7.08. The van der Waals surface area contributed by atoms with Crippen molar-refractivity contribution >= 4 is 23.1 Å². The third-order valence-corrected chi connectivity index (χ3v) is 5.30. The smallest absolute Gasteiger partial charge is 0.267 e. The summed E-state index contributed by atoms with van der Waals surface area (Å²) in [7, 11) is 3.24. The maximum atomic E-state index is 12.8. The van der Waals surface area contributed by atoms with Crippen molar-refractivity contribution in [1.29, 1.82) is 0 Å². The first kappa shape index (κ1) is 18.4. The van der Waals surface area contributed by atoms with Crippen LogP contribution in [-0.4, -0.2) is 53.7 Å². The van der Waals surface area contributed by atoms with Crippen LogP contribution in [-0.2, 0) is 6.42 Å². The molecule has 26 heavy (non-hydrogen) atoms. The fraction of sp³-hybridized carbons (Fsp3) is 0.500. The van der Waals surface area contributed by atoms with Crippen molar-refractivity contribution in [3.8, 4) is 11.5 Å². The van der Waals surface area contributed by atoms with Gasteiger partial charge in [-0.15, -0.1) is 5.10 Å². The third kappa shape index (κ3) is 3.90. The quantitative estimate of drug-likeness (QED) is 0.835. The molecule has 1 aliphatic heterocycles. The normalized spacial score (nSPS) is 17.0. The third-order valence-electron chi connectivity index (χ3n) is 4.55. The molecule has 1 saturated heterocycles. The van der Waals surface area contributed by atoms with Gasteiger partial charge in [-0.2, -0.15) is 0 Å². The Bertz CT molecular complexity index is 765. The van der Waals surface area contributed by atoms with Gasteiger partial charge >= 0.3 is 0 Å². The summed E-state index contributed by atoms with van der Waals surface area (Å²) in [6, 6.07) is 5.95. The van der Waals surface area contributed by atoms with E-state index in [1.54, 1.807) is 14.2 Å². The molecule has 1 aromatic heterocycles. The van der Waals surface area contributed by atoms with Crippen molar-refractivity contribution < 1.29 is 14.3 Å². The Morgan fingerprint density at radius 1 is 1.35 bits per heavy atom. The number of ether oxygens (including phenoxy) is 2. The molecule has 3 rings (SSSR count). The molecule has 0 saturated carbocycles. The van der Waals surface area contributed by atoms with Gasteiger partial charge in [-0.25, -0.2) is 0 Å². The van der Waals surface area contributed by atoms with E-state index >= 15 is 0 Å². The molecule has 0 bridgehead atoms. The summed E-state index contributed by atoms with van der Waals surface area (Å²) in [6.45, 7) is 3.42. The number of carbonyl (C=O) groups is 1. The van der Waals surface area contributed by atoms with Crippen LogP contribution in [0.3, 0.4) is 0 Å². The van der Waals surface area contributed by atoms with Gasteiger partial charge in [-0.1, -0.05) is 11.4 Å². The number of aryl methyl sites for hydroxylation is 1. The molecule has 1 amide bonds. The molecule has 0 spiro atoms. The highest BCUT2D eigenvalue weighted by atomic mass is 32.1. The minimum Gasteiger partial charge on any atom is -0.493 e. The lowest BCUT2D eigenvalue weighted by molar-refractivity contribution is 0.0718. The number of nitrogens with one attached hydrogen (secondary N) is 1. The zero-order chi connectivity index (χ0) is 18.5. The number of piperidine rings is 1. The van der Waals surface area contributed by atoms with E-state index in [2.05, 4.69) is 14.9 Å². The number of likely N-dealkylation sites (tertiary alicyclic amines) is 1. The van der Waals surface area contributed by atoms with E-state index in [9.17, 15) is 4.79 Å². The lowest BCUT2D eigenvalue weighted by Crippen LogP contribution is -2.45. The van der Waals surface area contributed by atoms with Gasteiger partial charge in [0.15, 0.2) is 11.5 Å². The Labute approximate surface area is 157 Å². The second kappa shape index (κ2) is 8.35. The molecular formula is C18H24N4O3S. The molecule has 7 nitrogen and oxygen atoms in total. The molecule has 1 fully saturated rings. The first-order valence-electron chi connectivity index (χ1n) is 8.75. The number of nitrogens with zero attached hydrogens (tertiary/aromatic N) is 3. The highest BCUT2D eigenvalue weighted by Gasteiger charge is 2.27. The predicted octanol–water partition coefficient (Wildman–Crippen LogP) is 2.83. The van der Waals surface area contributed by atoms with Gasteiger partial charge in [-0.05, 0) is 42.9 Å². The second-order valence-electron chi connectivity index (χ2n) is 6.21. The van der Waals surface area contributed by atoms with Crippen LogP contribution in [0.25, 0.3) is 0 Å². The summed E-state index contributed by atoms with van der Waals surface area (Å²) in [5.74, 6) is 1.42. The molecular weight excluding hydrogens is 352 g/mol. The van der Waals surface area contributed by atoms with Gasteiger partial charge in [0.1, 0.15) is 4.88 Å². The van der Waals surface area contributed by atoms with Crippen molar-refractivity contribution in [2.75, 3.05) is 32.6 Å². The standard InChI is InChI=1S/C18H24N4O3S/c1-4-14-17(26-21-20-14)18(23)22-9-5-6-13(11-22)19-12-7-8-15(24-2)16(10-12)25-3/h7-8,10,13,19H,4-6,9,11H2,1-3H3. The summed E-state index contributed by atoms with van der Waals surface area (Å²) < 4.78 is 14.6. The largest absolute Gasteiger partial charge is 0.493 e. The van der Waals surface area contributed by atoms with E-state index in [1.807, 2.05) is 30.0 Å². The maximum Gasteiger partial charge on any atom is 0.267 e. The summed E-state index contributed by atoms with van der Waals surface area (Å²) in [5.41, 5.74) is 1.74. The van der Waals surface area contributed by atoms with Crippen molar-refractivity contribution in [3.05, 3.63) is 28.8 Å². The average Bonchev–Trinajstić information content (AvgIpc) is 3.16. The highest BCUT2D eigenvalue weighted by Crippen LogP contribution is 2.30. The van der Waals surface area contributed by atoms with Crippen LogP contribution < -0.4 is 14.8 Å². The zero-order valence-electron chi connectivity index (χ0n) is 15.3. The molecule has 1 N–H and O–H groups in total. The van der Waals surface area contributed by atoms with Crippen LogP contribution in [0.1, 0.15) is 35.1 Å². The molecule has 0 radical (unpaired) electrons. The number of methoxy groups -OCH3 is 2. The molecule has 1 aromatic carbocycles. The molecule has 140 valence electrons. The van der Waals surface area contributed by atoms with Gasteiger partial charge in [-0.3, -0.25) is 4.79 Å². The van der Waals surface area contributed by atoms with Gasteiger partial charge < -0.3 is 19.7 Å². The zero-order valence-corrected chi connectivity index (χ0v) is 16.1. The van der Waals surface area contributed by atoms with Crippen LogP contribution >= 0.6 is 11.5 Å². The van der Waals surface area contributed by atoms with Crippen LogP contribution in [0, 0.1) is 0 Å². The fourth-order valence-electron chi connectivity index (χ4n) is 3.19. The molecule has 1 atom stereocenters. The monoisotopic (exact) mass is 376 g/mol. The Kier molecular flexibility index (Phi) is 5.92. The van der Waals surface area contributed by atoms with Gasteiger partial charge in [0.05, 0.1) is 19.9 Å². The lowest BCUT2D eigenvalue weighted by atomic mass is 10.0. The first-order valence-corrected chi connectivity index (χ1v) is 9.52. The minimum absolute atomic E-state index is 0.0376. The van der Waals surface area contributed by atoms with Crippen LogP contribution in [0.15, 0.2) is 18.2 Å². The molecule has 2 aromatic rings. The second-order valence-corrected chi connectivity index (χ2v) is 6.96. The SMILES string of the molecule is CCc1nnsc1C(=O)N1CCCC(Nc2ccc(OC)c(OC)c2)C1. The van der Waals surface area contributed by atoms with Gasteiger partial charge in [0, 0.05) is 30.9 Å². The maximum absolute atomic E-state index is 12.8. The molecule has 1 aliphatic rings. The van der Waals surface area contributed by atoms with E-state index in [4.69, 9.17) is 9.47 Å². The summed E-state index contributed by atoms with van der Waals surface area (Å²) in [5, 5.41) is 7.56. The minimum atomic E-state index is 0.0376. The van der Waals surface area contributed by atoms with E-state index in [0.717, 1.165) is 37.2 Å².